The molecule has 1 atom stereocenters. The van der Waals surface area contributed by atoms with E-state index in [0.29, 0.717) is 31.5 Å². The summed E-state index contributed by atoms with van der Waals surface area (Å²) in [6.07, 6.45) is 1.65. The van der Waals surface area contributed by atoms with E-state index in [2.05, 4.69) is 20.7 Å². The molecule has 0 spiro atoms. The lowest BCUT2D eigenvalue weighted by molar-refractivity contribution is -0.138. The number of nitrogens with one attached hydrogen (secondary N) is 2. The van der Waals surface area contributed by atoms with Gasteiger partial charge in [0, 0.05) is 12.1 Å². The fourth-order valence-corrected chi connectivity index (χ4v) is 2.09. The van der Waals surface area contributed by atoms with Crippen molar-refractivity contribution in [3.63, 3.8) is 0 Å². The molecule has 2 rings (SSSR count). The van der Waals surface area contributed by atoms with E-state index in [0.717, 1.165) is 5.56 Å². The van der Waals surface area contributed by atoms with Gasteiger partial charge in [-0.2, -0.15) is 0 Å². The predicted octanol–water partition coefficient (Wildman–Crippen LogP) is 0.784. The van der Waals surface area contributed by atoms with Gasteiger partial charge in [0.15, 0.2) is 5.69 Å². The highest BCUT2D eigenvalue weighted by atomic mass is 16.4. The molecule has 5 N–H and O–H groups in total. The third kappa shape index (κ3) is 4.62. The van der Waals surface area contributed by atoms with Gasteiger partial charge in [0.05, 0.1) is 5.69 Å². The van der Waals surface area contributed by atoms with Crippen molar-refractivity contribution in [3.05, 3.63) is 36.0 Å². The maximum Gasteiger partial charge on any atom is 0.320 e. The molecule has 8 nitrogen and oxygen atoms in total. The van der Waals surface area contributed by atoms with E-state index >= 15 is 0 Å². The number of carbonyl (C=O) groups excluding carboxylic acids is 1. The summed E-state index contributed by atoms with van der Waals surface area (Å²) in [4.78, 5) is 22.7. The van der Waals surface area contributed by atoms with Gasteiger partial charge in [-0.1, -0.05) is 35.5 Å². The minimum absolute atomic E-state index is 0.235. The molecule has 1 heterocycles. The second-order valence-electron chi connectivity index (χ2n) is 5.10. The average Bonchev–Trinajstić information content (AvgIpc) is 3.04. The standard InChI is InChI=1S/C15H19N5O3/c16-11(15(22)23)8-4-5-9-17-14(21)13-12(18-20-19-13)10-6-2-1-3-7-10/h1-3,6-7,11H,4-5,8-9,16H2,(H,17,21)(H,22,23)(H,18,19,20)/t11-/m0/s1. The van der Waals surface area contributed by atoms with Crippen LogP contribution in [0.25, 0.3) is 11.3 Å². The lowest BCUT2D eigenvalue weighted by Gasteiger charge is -2.07. The normalized spacial score (nSPS) is 11.9. The van der Waals surface area contributed by atoms with Crippen molar-refractivity contribution < 1.29 is 14.7 Å². The summed E-state index contributed by atoms with van der Waals surface area (Å²) in [6, 6.07) is 8.48. The largest absolute Gasteiger partial charge is 0.480 e. The number of aliphatic carboxylic acids is 1. The molecule has 1 aromatic heterocycles. The number of H-pyrrole nitrogens is 1. The molecule has 1 aromatic carbocycles. The van der Waals surface area contributed by atoms with E-state index in [1.54, 1.807) is 0 Å². The Bertz CT molecular complexity index is 656. The number of aromatic nitrogens is 3. The quantitative estimate of drug-likeness (QED) is 0.532. The van der Waals surface area contributed by atoms with Gasteiger partial charge in [-0.3, -0.25) is 14.7 Å². The number of benzene rings is 1. The summed E-state index contributed by atoms with van der Waals surface area (Å²) < 4.78 is 0. The Balaban J connectivity index is 1.83. The molecular formula is C15H19N5O3. The Hall–Kier alpha value is -2.74. The molecule has 0 aliphatic rings. The minimum Gasteiger partial charge on any atom is -0.480 e. The third-order valence-corrected chi connectivity index (χ3v) is 3.37. The van der Waals surface area contributed by atoms with E-state index in [9.17, 15) is 9.59 Å². The molecule has 8 heteroatoms. The first-order chi connectivity index (χ1) is 11.1. The highest BCUT2D eigenvalue weighted by molar-refractivity contribution is 5.97. The Labute approximate surface area is 133 Å². The Morgan fingerprint density at radius 2 is 2.00 bits per heavy atom. The number of carboxylic acid groups (broad SMARTS) is 1. The summed E-state index contributed by atoms with van der Waals surface area (Å²) in [5, 5.41) is 21.7. The van der Waals surface area contributed by atoms with Gasteiger partial charge in [-0.05, 0) is 19.3 Å². The Morgan fingerprint density at radius 3 is 2.70 bits per heavy atom. The first kappa shape index (κ1) is 16.6. The van der Waals surface area contributed by atoms with Crippen molar-refractivity contribution in [2.24, 2.45) is 5.73 Å². The van der Waals surface area contributed by atoms with Gasteiger partial charge in [0.2, 0.25) is 0 Å². The number of hydrogen-bond acceptors (Lipinski definition) is 5. The van der Waals surface area contributed by atoms with E-state index in [-0.39, 0.29) is 11.6 Å². The number of hydrogen-bond donors (Lipinski definition) is 4. The van der Waals surface area contributed by atoms with Crippen LogP contribution in [0.15, 0.2) is 30.3 Å². The molecule has 1 amide bonds. The third-order valence-electron chi connectivity index (χ3n) is 3.37. The summed E-state index contributed by atoms with van der Waals surface area (Å²) in [5.74, 6) is -1.33. The SMILES string of the molecule is N[C@@H](CCCCNC(=O)c1nn[nH]c1-c1ccccc1)C(=O)O. The summed E-state index contributed by atoms with van der Waals surface area (Å²) >= 11 is 0. The molecule has 0 fully saturated rings. The topological polar surface area (TPSA) is 134 Å². The van der Waals surface area contributed by atoms with E-state index in [1.807, 2.05) is 30.3 Å². The zero-order valence-electron chi connectivity index (χ0n) is 12.5. The molecule has 0 unspecified atom stereocenters. The van der Waals surface area contributed by atoms with Crippen molar-refractivity contribution in [3.8, 4) is 11.3 Å². The number of unbranched alkanes of at least 4 members (excludes halogenated alkanes) is 1. The number of carbonyl (C=O) groups is 2. The number of amides is 1. The van der Waals surface area contributed by atoms with Crippen LogP contribution in [0.4, 0.5) is 0 Å². The predicted molar refractivity (Wildman–Crippen MR) is 83.6 cm³/mol. The lowest BCUT2D eigenvalue weighted by atomic mass is 10.1. The second kappa shape index (κ2) is 8.04. The van der Waals surface area contributed by atoms with Crippen molar-refractivity contribution in [1.82, 2.24) is 20.7 Å². The zero-order chi connectivity index (χ0) is 16.7. The molecule has 0 bridgehead atoms. The van der Waals surface area contributed by atoms with Crippen molar-refractivity contribution in [2.75, 3.05) is 6.54 Å². The highest BCUT2D eigenvalue weighted by Crippen LogP contribution is 2.18. The number of nitrogens with two attached hydrogens (primary N) is 1. The van der Waals surface area contributed by atoms with Gasteiger partial charge >= 0.3 is 5.97 Å². The number of carboxylic acids is 1. The summed E-state index contributed by atoms with van der Waals surface area (Å²) in [5.41, 5.74) is 7.04. The molecule has 0 radical (unpaired) electrons. The maximum atomic E-state index is 12.2. The Kier molecular flexibility index (Phi) is 5.81. The molecule has 23 heavy (non-hydrogen) atoms. The van der Waals surface area contributed by atoms with Crippen LogP contribution in [0.2, 0.25) is 0 Å². The molecular weight excluding hydrogens is 298 g/mol. The van der Waals surface area contributed by atoms with Crippen LogP contribution in [0.1, 0.15) is 29.8 Å². The average molecular weight is 317 g/mol. The van der Waals surface area contributed by atoms with Crippen LogP contribution in [-0.2, 0) is 4.79 Å². The van der Waals surface area contributed by atoms with Gasteiger partial charge in [-0.15, -0.1) is 5.10 Å². The lowest BCUT2D eigenvalue weighted by Crippen LogP contribution is -2.30. The first-order valence-corrected chi connectivity index (χ1v) is 7.32. The van der Waals surface area contributed by atoms with Crippen LogP contribution in [0.3, 0.4) is 0 Å². The van der Waals surface area contributed by atoms with Crippen LogP contribution in [0.5, 0.6) is 0 Å². The molecule has 0 saturated carbocycles. The fraction of sp³-hybridized carbons (Fsp3) is 0.333. The van der Waals surface area contributed by atoms with Crippen LogP contribution in [-0.4, -0.2) is 45.0 Å². The monoisotopic (exact) mass is 317 g/mol. The molecule has 0 aliphatic heterocycles. The highest BCUT2D eigenvalue weighted by Gasteiger charge is 2.17. The molecule has 0 saturated heterocycles. The van der Waals surface area contributed by atoms with Gasteiger partial charge in [0.25, 0.3) is 5.91 Å². The zero-order valence-corrected chi connectivity index (χ0v) is 12.5. The Morgan fingerprint density at radius 1 is 1.26 bits per heavy atom. The number of rotatable bonds is 8. The minimum atomic E-state index is -1.01. The first-order valence-electron chi connectivity index (χ1n) is 7.32. The summed E-state index contributed by atoms with van der Waals surface area (Å²) in [7, 11) is 0. The van der Waals surface area contributed by atoms with Gasteiger partial charge in [0.1, 0.15) is 6.04 Å². The summed E-state index contributed by atoms with van der Waals surface area (Å²) in [6.45, 7) is 0.423. The van der Waals surface area contributed by atoms with E-state index < -0.39 is 12.0 Å². The fourth-order valence-electron chi connectivity index (χ4n) is 2.09. The molecule has 2 aromatic rings. The van der Waals surface area contributed by atoms with Crippen LogP contribution in [0, 0.1) is 0 Å². The number of nitrogens with zero attached hydrogens (tertiary/aromatic N) is 2. The van der Waals surface area contributed by atoms with Crippen molar-refractivity contribution in [1.29, 1.82) is 0 Å². The van der Waals surface area contributed by atoms with Gasteiger partial charge in [-0.25, -0.2) is 0 Å². The molecule has 122 valence electrons. The second-order valence-corrected chi connectivity index (χ2v) is 5.10. The van der Waals surface area contributed by atoms with Crippen LogP contribution >= 0.6 is 0 Å². The van der Waals surface area contributed by atoms with E-state index in [4.69, 9.17) is 10.8 Å². The van der Waals surface area contributed by atoms with Crippen molar-refractivity contribution >= 4 is 11.9 Å². The molecule has 0 aliphatic carbocycles. The van der Waals surface area contributed by atoms with E-state index in [1.165, 1.54) is 0 Å². The number of aromatic amines is 1. The van der Waals surface area contributed by atoms with Gasteiger partial charge < -0.3 is 16.2 Å². The van der Waals surface area contributed by atoms with Crippen molar-refractivity contribution in [2.45, 2.75) is 25.3 Å². The maximum absolute atomic E-state index is 12.2. The smallest absolute Gasteiger partial charge is 0.320 e. The van der Waals surface area contributed by atoms with Crippen LogP contribution < -0.4 is 11.1 Å².